The van der Waals surface area contributed by atoms with Gasteiger partial charge in [-0.15, -0.1) is 0 Å². The monoisotopic (exact) mass is 329 g/mol. The molecular formula is C16H17N4O4-. The zero-order valence-electron chi connectivity index (χ0n) is 13.3. The van der Waals surface area contributed by atoms with Crippen LogP contribution in [-0.4, -0.2) is 38.5 Å². The van der Waals surface area contributed by atoms with Gasteiger partial charge in [0.2, 0.25) is 0 Å². The number of anilines is 1. The van der Waals surface area contributed by atoms with Gasteiger partial charge in [-0.1, -0.05) is 12.1 Å². The van der Waals surface area contributed by atoms with Crippen molar-refractivity contribution in [3.05, 3.63) is 51.5 Å². The number of hydrogen-bond donors (Lipinski definition) is 2. The van der Waals surface area contributed by atoms with Gasteiger partial charge in [-0.2, -0.15) is 0 Å². The van der Waals surface area contributed by atoms with E-state index in [2.05, 4.69) is 4.98 Å². The van der Waals surface area contributed by atoms with Crippen LogP contribution in [0.2, 0.25) is 0 Å². The van der Waals surface area contributed by atoms with Gasteiger partial charge in [0.15, 0.2) is 0 Å². The first-order valence-corrected chi connectivity index (χ1v) is 7.61. The Kier molecular flexibility index (Phi) is 4.00. The Balaban J connectivity index is 2.42. The minimum absolute atomic E-state index is 0.152. The fraction of sp³-hybridized carbons (Fsp3) is 0.250. The summed E-state index contributed by atoms with van der Waals surface area (Å²) in [4.78, 5) is 29.9. The van der Waals surface area contributed by atoms with Gasteiger partial charge in [0.25, 0.3) is 11.5 Å². The standard InChI is InChI=1S/C16H17N4O4/c1-3-18(4-2)15(21)10-9-13(20(23)24)16(22)19-12-8-6-5-7-11(12)17-14(10)19/h5-9,17,23H,3-4H2,1-2H3/q-1. The largest absolute Gasteiger partial charge is 0.733 e. The fourth-order valence-electron chi connectivity index (χ4n) is 2.84. The molecule has 8 heteroatoms. The molecule has 0 aliphatic heterocycles. The topological polar surface area (TPSA) is 104 Å². The molecule has 3 rings (SSSR count). The smallest absolute Gasteiger partial charge is 0.281 e. The maximum Gasteiger partial charge on any atom is 0.281 e. The molecule has 0 saturated carbocycles. The number of H-pyrrole nitrogens is 1. The van der Waals surface area contributed by atoms with Crippen LogP contribution in [0.25, 0.3) is 16.7 Å². The van der Waals surface area contributed by atoms with E-state index in [1.54, 1.807) is 29.2 Å². The number of nitrogens with zero attached hydrogens (tertiary/aromatic N) is 3. The number of fused-ring (bicyclic) bond motifs is 3. The van der Waals surface area contributed by atoms with Crippen molar-refractivity contribution in [1.29, 1.82) is 0 Å². The summed E-state index contributed by atoms with van der Waals surface area (Å²) in [6.45, 7) is 4.64. The van der Waals surface area contributed by atoms with Crippen LogP contribution < -0.4 is 10.8 Å². The number of amides is 1. The summed E-state index contributed by atoms with van der Waals surface area (Å²) >= 11 is 0. The number of aromatic nitrogens is 2. The molecule has 0 spiro atoms. The van der Waals surface area contributed by atoms with E-state index < -0.39 is 16.5 Å². The Labute approximate surface area is 137 Å². The second-order valence-electron chi connectivity index (χ2n) is 5.32. The van der Waals surface area contributed by atoms with Crippen LogP contribution >= 0.6 is 0 Å². The Bertz CT molecular complexity index is 969. The van der Waals surface area contributed by atoms with E-state index >= 15 is 0 Å². The van der Waals surface area contributed by atoms with Crippen LogP contribution in [0.15, 0.2) is 35.1 Å². The van der Waals surface area contributed by atoms with Crippen LogP contribution in [0, 0.1) is 5.21 Å². The molecule has 24 heavy (non-hydrogen) atoms. The van der Waals surface area contributed by atoms with Gasteiger partial charge in [-0.05, 0) is 32.0 Å². The second kappa shape index (κ2) is 5.99. The third-order valence-electron chi connectivity index (χ3n) is 4.07. The van der Waals surface area contributed by atoms with E-state index in [0.717, 1.165) is 6.07 Å². The highest BCUT2D eigenvalue weighted by molar-refractivity contribution is 6.02. The van der Waals surface area contributed by atoms with E-state index in [9.17, 15) is 20.0 Å². The number of benzene rings is 1. The van der Waals surface area contributed by atoms with Crippen molar-refractivity contribution in [1.82, 2.24) is 14.3 Å². The number of nitrogens with one attached hydrogen (secondary N) is 1. The molecule has 2 heterocycles. The summed E-state index contributed by atoms with van der Waals surface area (Å²) in [5.74, 6) is -0.327. The van der Waals surface area contributed by atoms with Gasteiger partial charge in [-0.25, -0.2) is 0 Å². The van der Waals surface area contributed by atoms with Gasteiger partial charge in [0.05, 0.1) is 16.6 Å². The van der Waals surface area contributed by atoms with Gasteiger partial charge in [0.1, 0.15) is 11.3 Å². The second-order valence-corrected chi connectivity index (χ2v) is 5.32. The van der Waals surface area contributed by atoms with Crippen LogP contribution in [0.5, 0.6) is 0 Å². The van der Waals surface area contributed by atoms with Gasteiger partial charge < -0.3 is 20.3 Å². The molecule has 1 aromatic carbocycles. The Morgan fingerprint density at radius 3 is 2.58 bits per heavy atom. The molecule has 0 aliphatic carbocycles. The normalized spacial score (nSPS) is 11.2. The first-order chi connectivity index (χ1) is 11.5. The lowest BCUT2D eigenvalue weighted by Crippen LogP contribution is -2.32. The summed E-state index contributed by atoms with van der Waals surface area (Å²) in [6, 6.07) is 8.12. The molecule has 0 saturated heterocycles. The van der Waals surface area contributed by atoms with E-state index in [-0.39, 0.29) is 11.5 Å². The highest BCUT2D eigenvalue weighted by Crippen LogP contribution is 2.22. The lowest BCUT2D eigenvalue weighted by atomic mass is 10.2. The molecule has 0 aliphatic rings. The molecule has 0 fully saturated rings. The van der Waals surface area contributed by atoms with Crippen molar-refractivity contribution in [2.75, 3.05) is 18.3 Å². The predicted octanol–water partition coefficient (Wildman–Crippen LogP) is 1.96. The minimum Gasteiger partial charge on any atom is -0.733 e. The van der Waals surface area contributed by atoms with Crippen LogP contribution in [0.1, 0.15) is 24.2 Å². The van der Waals surface area contributed by atoms with Gasteiger partial charge in [-0.3, -0.25) is 19.2 Å². The minimum atomic E-state index is -0.698. The summed E-state index contributed by atoms with van der Waals surface area (Å²) in [5.41, 5.74) is 0.414. The zero-order valence-corrected chi connectivity index (χ0v) is 13.3. The molecule has 2 N–H and O–H groups in total. The molecule has 0 unspecified atom stereocenters. The van der Waals surface area contributed by atoms with Crippen LogP contribution in [-0.2, 0) is 0 Å². The Hall–Kier alpha value is -2.84. The van der Waals surface area contributed by atoms with Crippen LogP contribution in [0.4, 0.5) is 5.69 Å². The first kappa shape index (κ1) is 16.0. The summed E-state index contributed by atoms with van der Waals surface area (Å²) in [7, 11) is 0. The molecule has 2 aromatic heterocycles. The lowest BCUT2D eigenvalue weighted by molar-refractivity contribution is 0.0774. The third-order valence-corrected chi connectivity index (χ3v) is 4.07. The number of para-hydroxylation sites is 2. The lowest BCUT2D eigenvalue weighted by Gasteiger charge is -2.23. The quantitative estimate of drug-likeness (QED) is 0.712. The average Bonchev–Trinajstić information content (AvgIpc) is 2.95. The summed E-state index contributed by atoms with van der Waals surface area (Å²) < 4.78 is 1.24. The number of pyridine rings is 1. The SMILES string of the molecule is CCN(CC)C(=O)c1cc(N([O-])O)c(=O)n2c1[nH]c1ccccc12. The molecule has 126 valence electrons. The van der Waals surface area contributed by atoms with Crippen molar-refractivity contribution in [3.8, 4) is 0 Å². The molecule has 3 aromatic rings. The number of carbonyl (C=O) groups is 1. The number of hydrogen-bond acceptors (Lipinski definition) is 5. The van der Waals surface area contributed by atoms with Crippen molar-refractivity contribution < 1.29 is 10.0 Å². The molecule has 0 atom stereocenters. The predicted molar refractivity (Wildman–Crippen MR) is 90.4 cm³/mol. The highest BCUT2D eigenvalue weighted by Gasteiger charge is 2.22. The molecule has 8 nitrogen and oxygen atoms in total. The van der Waals surface area contributed by atoms with E-state index in [4.69, 9.17) is 0 Å². The molecule has 0 radical (unpaired) electrons. The Morgan fingerprint density at radius 2 is 1.96 bits per heavy atom. The van der Waals surface area contributed by atoms with Crippen molar-refractivity contribution >= 4 is 28.3 Å². The first-order valence-electron chi connectivity index (χ1n) is 7.61. The van der Waals surface area contributed by atoms with Crippen molar-refractivity contribution in [2.24, 2.45) is 0 Å². The Morgan fingerprint density at radius 1 is 1.29 bits per heavy atom. The van der Waals surface area contributed by atoms with Crippen molar-refractivity contribution in [2.45, 2.75) is 13.8 Å². The van der Waals surface area contributed by atoms with E-state index in [1.807, 2.05) is 13.8 Å². The van der Waals surface area contributed by atoms with Crippen molar-refractivity contribution in [3.63, 3.8) is 0 Å². The number of carbonyl (C=O) groups excluding carboxylic acids is 1. The molecule has 1 amide bonds. The third kappa shape index (κ3) is 2.32. The number of imidazole rings is 1. The average molecular weight is 329 g/mol. The highest BCUT2D eigenvalue weighted by atomic mass is 16.8. The molecule has 0 bridgehead atoms. The maximum atomic E-state index is 12.8. The van der Waals surface area contributed by atoms with Gasteiger partial charge in [0, 0.05) is 13.1 Å². The van der Waals surface area contributed by atoms with Gasteiger partial charge >= 0.3 is 0 Å². The number of aromatic amines is 1. The summed E-state index contributed by atoms with van der Waals surface area (Å²) in [5, 5.41) is 20.1. The zero-order chi connectivity index (χ0) is 17.4. The van der Waals surface area contributed by atoms with Crippen LogP contribution in [0.3, 0.4) is 0 Å². The summed E-state index contributed by atoms with van der Waals surface area (Å²) in [6.07, 6.45) is 0. The number of rotatable bonds is 4. The molecular weight excluding hydrogens is 312 g/mol. The fourth-order valence-corrected chi connectivity index (χ4v) is 2.84. The van der Waals surface area contributed by atoms with E-state index in [0.29, 0.717) is 29.8 Å². The van der Waals surface area contributed by atoms with E-state index in [1.165, 1.54) is 4.40 Å². The maximum absolute atomic E-state index is 12.8.